The van der Waals surface area contributed by atoms with Gasteiger partial charge < -0.3 is 4.57 Å². The summed E-state index contributed by atoms with van der Waals surface area (Å²) < 4.78 is 7.79. The van der Waals surface area contributed by atoms with Gasteiger partial charge in [0.2, 0.25) is 0 Å². The van der Waals surface area contributed by atoms with Gasteiger partial charge >= 0.3 is 0 Å². The van der Waals surface area contributed by atoms with E-state index in [1.807, 2.05) is 22.7 Å². The molecule has 3 heterocycles. The number of hydrogen-bond donors (Lipinski definition) is 0. The molecule has 0 aliphatic heterocycles. The van der Waals surface area contributed by atoms with E-state index in [1.54, 1.807) is 0 Å². The van der Waals surface area contributed by atoms with Crippen molar-refractivity contribution in [3.8, 4) is 16.8 Å². The Morgan fingerprint density at radius 2 is 0.923 bits per heavy atom. The average molecular weight is 532 g/mol. The lowest BCUT2D eigenvalue weighted by Gasteiger charge is -2.09. The predicted octanol–water partition coefficient (Wildman–Crippen LogP) is 11.2. The lowest BCUT2D eigenvalue weighted by Crippen LogP contribution is -1.93. The summed E-state index contributed by atoms with van der Waals surface area (Å²) in [6.07, 6.45) is 0. The van der Waals surface area contributed by atoms with Gasteiger partial charge in [-0.1, -0.05) is 78.9 Å². The average Bonchev–Trinajstić information content (AvgIpc) is 3.66. The molecule has 0 N–H and O–H groups in total. The van der Waals surface area contributed by atoms with E-state index in [4.69, 9.17) is 0 Å². The molecule has 39 heavy (non-hydrogen) atoms. The first-order valence-corrected chi connectivity index (χ1v) is 14.8. The van der Waals surface area contributed by atoms with E-state index in [0.717, 1.165) is 0 Å². The van der Waals surface area contributed by atoms with Crippen LogP contribution in [0.2, 0.25) is 0 Å². The van der Waals surface area contributed by atoms with Gasteiger partial charge in [-0.3, -0.25) is 0 Å². The third-order valence-corrected chi connectivity index (χ3v) is 10.4. The first-order chi connectivity index (χ1) is 19.3. The molecule has 0 fully saturated rings. The number of hydrogen-bond acceptors (Lipinski definition) is 2. The van der Waals surface area contributed by atoms with E-state index in [-0.39, 0.29) is 0 Å². The summed E-state index contributed by atoms with van der Waals surface area (Å²) in [4.78, 5) is 0. The highest BCUT2D eigenvalue weighted by molar-refractivity contribution is 7.26. The zero-order valence-corrected chi connectivity index (χ0v) is 22.5. The van der Waals surface area contributed by atoms with Gasteiger partial charge in [-0.2, -0.15) is 0 Å². The van der Waals surface area contributed by atoms with Crippen LogP contribution in [-0.2, 0) is 0 Å². The number of rotatable bonds is 2. The molecule has 0 unspecified atom stereocenters. The van der Waals surface area contributed by atoms with Gasteiger partial charge in [-0.05, 0) is 59.7 Å². The summed E-state index contributed by atoms with van der Waals surface area (Å²) in [6, 6.07) is 46.9. The molecule has 0 radical (unpaired) electrons. The van der Waals surface area contributed by atoms with Crippen LogP contribution in [0.25, 0.3) is 79.0 Å². The van der Waals surface area contributed by atoms with E-state index in [1.165, 1.54) is 79.0 Å². The fraction of sp³-hybridized carbons (Fsp3) is 0. The smallest absolute Gasteiger partial charge is 0.0640 e. The zero-order valence-electron chi connectivity index (χ0n) is 20.9. The molecule has 3 aromatic heterocycles. The van der Waals surface area contributed by atoms with Crippen LogP contribution < -0.4 is 0 Å². The second kappa shape index (κ2) is 8.03. The lowest BCUT2D eigenvalue weighted by atomic mass is 10.0. The number of nitrogens with zero attached hydrogens (tertiary/aromatic N) is 1. The van der Waals surface area contributed by atoms with Crippen LogP contribution in [0.1, 0.15) is 0 Å². The second-order valence-corrected chi connectivity index (χ2v) is 12.3. The van der Waals surface area contributed by atoms with Gasteiger partial charge in [0.1, 0.15) is 0 Å². The third kappa shape index (κ3) is 3.06. The van der Waals surface area contributed by atoms with Crippen molar-refractivity contribution in [3.05, 3.63) is 127 Å². The first-order valence-electron chi connectivity index (χ1n) is 13.2. The Bertz CT molecular complexity index is 2350. The number of thiophene rings is 2. The molecule has 0 spiro atoms. The van der Waals surface area contributed by atoms with E-state index >= 15 is 0 Å². The van der Waals surface area contributed by atoms with Crippen molar-refractivity contribution < 1.29 is 0 Å². The lowest BCUT2D eigenvalue weighted by molar-refractivity contribution is 1.20. The molecule has 0 bridgehead atoms. The maximum absolute atomic E-state index is 2.44. The minimum absolute atomic E-state index is 1.25. The largest absolute Gasteiger partial charge is 0.308 e. The van der Waals surface area contributed by atoms with Crippen molar-refractivity contribution in [2.24, 2.45) is 0 Å². The topological polar surface area (TPSA) is 4.93 Å². The minimum atomic E-state index is 1.25. The minimum Gasteiger partial charge on any atom is -0.308 e. The zero-order chi connectivity index (χ0) is 25.5. The van der Waals surface area contributed by atoms with Crippen molar-refractivity contribution >= 4 is 84.8 Å². The van der Waals surface area contributed by atoms with Crippen LogP contribution >= 0.6 is 22.7 Å². The third-order valence-electron chi connectivity index (χ3n) is 8.01. The Hall–Kier alpha value is -4.44. The monoisotopic (exact) mass is 531 g/mol. The molecule has 9 aromatic rings. The predicted molar refractivity (Wildman–Crippen MR) is 172 cm³/mol. The van der Waals surface area contributed by atoms with E-state index in [0.29, 0.717) is 0 Å². The highest BCUT2D eigenvalue weighted by Crippen LogP contribution is 2.42. The van der Waals surface area contributed by atoms with Crippen LogP contribution in [0.15, 0.2) is 127 Å². The SMILES string of the molecule is c1ccc2c(c1)sc1ccc(-c3ccc4sc5c(-n6c7ccccc7c7ccccc76)cccc5c4c3)cc12. The highest BCUT2D eigenvalue weighted by atomic mass is 32.1. The summed E-state index contributed by atoms with van der Waals surface area (Å²) in [5.41, 5.74) is 6.28. The van der Waals surface area contributed by atoms with Gasteiger partial charge in [0, 0.05) is 46.4 Å². The van der Waals surface area contributed by atoms with Crippen LogP contribution in [-0.4, -0.2) is 4.57 Å². The quantitative estimate of drug-likeness (QED) is 0.209. The molecule has 9 rings (SSSR count). The molecule has 0 atom stereocenters. The van der Waals surface area contributed by atoms with Gasteiger partial charge in [0.25, 0.3) is 0 Å². The van der Waals surface area contributed by atoms with Crippen LogP contribution in [0.5, 0.6) is 0 Å². The summed E-state index contributed by atoms with van der Waals surface area (Å²) in [5, 5.41) is 7.92. The maximum Gasteiger partial charge on any atom is 0.0640 e. The molecule has 0 aliphatic rings. The number of benzene rings is 6. The van der Waals surface area contributed by atoms with Gasteiger partial charge in [0.15, 0.2) is 0 Å². The van der Waals surface area contributed by atoms with Crippen molar-refractivity contribution in [2.75, 3.05) is 0 Å². The molecule has 0 amide bonds. The number of para-hydroxylation sites is 2. The molecular formula is C36H21NS2. The summed E-state index contributed by atoms with van der Waals surface area (Å²) in [5.74, 6) is 0. The van der Waals surface area contributed by atoms with Crippen LogP contribution in [0, 0.1) is 0 Å². The molecule has 6 aromatic carbocycles. The van der Waals surface area contributed by atoms with Crippen LogP contribution in [0.3, 0.4) is 0 Å². The normalized spacial score (nSPS) is 12.1. The Morgan fingerprint density at radius 3 is 1.64 bits per heavy atom. The van der Waals surface area contributed by atoms with Gasteiger partial charge in [0.05, 0.1) is 21.4 Å². The number of fused-ring (bicyclic) bond motifs is 9. The summed E-state index contributed by atoms with van der Waals surface area (Å²) in [7, 11) is 0. The Labute approximate surface area is 232 Å². The van der Waals surface area contributed by atoms with E-state index < -0.39 is 0 Å². The fourth-order valence-corrected chi connectivity index (χ4v) is 8.50. The van der Waals surface area contributed by atoms with Crippen molar-refractivity contribution in [2.45, 2.75) is 0 Å². The Kier molecular flexibility index (Phi) is 4.43. The molecule has 1 nitrogen and oxygen atoms in total. The highest BCUT2D eigenvalue weighted by Gasteiger charge is 2.16. The Balaban J connectivity index is 1.28. The molecule has 0 aliphatic carbocycles. The molecule has 0 saturated heterocycles. The Morgan fingerprint density at radius 1 is 0.385 bits per heavy atom. The molecular weight excluding hydrogens is 511 g/mol. The first kappa shape index (κ1) is 21.5. The maximum atomic E-state index is 2.44. The van der Waals surface area contributed by atoms with Crippen molar-refractivity contribution in [3.63, 3.8) is 0 Å². The van der Waals surface area contributed by atoms with E-state index in [2.05, 4.69) is 132 Å². The summed E-state index contributed by atoms with van der Waals surface area (Å²) in [6.45, 7) is 0. The van der Waals surface area contributed by atoms with Crippen molar-refractivity contribution in [1.29, 1.82) is 0 Å². The molecule has 0 saturated carbocycles. The fourth-order valence-electron chi connectivity index (χ4n) is 6.23. The molecule has 3 heteroatoms. The van der Waals surface area contributed by atoms with Crippen molar-refractivity contribution in [1.82, 2.24) is 4.57 Å². The van der Waals surface area contributed by atoms with Gasteiger partial charge in [-0.25, -0.2) is 0 Å². The van der Waals surface area contributed by atoms with Crippen LogP contribution in [0.4, 0.5) is 0 Å². The molecule has 182 valence electrons. The number of aromatic nitrogens is 1. The summed E-state index contributed by atoms with van der Waals surface area (Å²) >= 11 is 3.77. The standard InChI is InChI=1S/C36H21NS2/c1-4-12-30-24(8-1)25-9-2-5-13-31(25)37(30)32-14-7-11-27-29-21-23(17-19-35(29)39-36(27)32)22-16-18-34-28(20-22)26-10-3-6-15-33(26)38-34/h1-21H. The van der Waals surface area contributed by atoms with E-state index in [9.17, 15) is 0 Å². The second-order valence-electron chi connectivity index (χ2n) is 10.1. The van der Waals surface area contributed by atoms with Gasteiger partial charge in [-0.15, -0.1) is 22.7 Å².